The summed E-state index contributed by atoms with van der Waals surface area (Å²) in [6.45, 7) is 0.556. The highest BCUT2D eigenvalue weighted by Crippen LogP contribution is 2.67. The number of hydrogen-bond donors (Lipinski definition) is 3. The van der Waals surface area contributed by atoms with Crippen molar-refractivity contribution in [3.05, 3.63) is 22.8 Å². The van der Waals surface area contributed by atoms with Crippen molar-refractivity contribution in [1.29, 1.82) is 0 Å². The van der Waals surface area contributed by atoms with Crippen molar-refractivity contribution in [2.75, 3.05) is 6.61 Å². The van der Waals surface area contributed by atoms with Gasteiger partial charge in [-0.05, 0) is 62.5 Å². The summed E-state index contributed by atoms with van der Waals surface area (Å²) in [5.41, 5.74) is -4.46. The Morgan fingerprint density at radius 1 is 1.23 bits per heavy atom. The summed E-state index contributed by atoms with van der Waals surface area (Å²) in [4.78, 5) is 61.8. The third kappa shape index (κ3) is 2.44. The van der Waals surface area contributed by atoms with Crippen LogP contribution in [-0.4, -0.2) is 64.1 Å². The van der Waals surface area contributed by atoms with Crippen LogP contribution < -0.4 is 0 Å². The smallest absolute Gasteiger partial charge is 0.190 e. The maximum absolute atomic E-state index is 12.6. The number of carbonyl (C=O) groups is 5. The third-order valence-electron chi connectivity index (χ3n) is 8.64. The van der Waals surface area contributed by atoms with Crippen molar-refractivity contribution < 1.29 is 39.3 Å². The third-order valence-corrected chi connectivity index (χ3v) is 8.64. The van der Waals surface area contributed by atoms with Gasteiger partial charge < -0.3 is 24.9 Å². The molecular weight excluding hydrogens is 404 g/mol. The summed E-state index contributed by atoms with van der Waals surface area (Å²) in [6, 6.07) is 0. The lowest BCUT2D eigenvalue weighted by molar-refractivity contribution is -0.183. The molecule has 0 aliphatic heterocycles. The number of aliphatic hydroxyl groups is 3. The van der Waals surface area contributed by atoms with Crippen molar-refractivity contribution in [1.82, 2.24) is 0 Å². The summed E-state index contributed by atoms with van der Waals surface area (Å²) in [5.74, 6) is -2.92. The Labute approximate surface area is 179 Å². The molecule has 0 saturated heterocycles. The van der Waals surface area contributed by atoms with E-state index in [0.717, 1.165) is 0 Å². The number of ketones is 2. The highest BCUT2D eigenvalue weighted by molar-refractivity contribution is 6.12. The molecule has 7 atom stereocenters. The van der Waals surface area contributed by atoms with E-state index >= 15 is 0 Å². The number of Topliss-reactive ketones (excluding diaryl/α,β-unsaturated/α-hetero) is 1. The molecule has 8 nitrogen and oxygen atoms in total. The van der Waals surface area contributed by atoms with Crippen molar-refractivity contribution in [3.8, 4) is 0 Å². The molecule has 0 spiro atoms. The van der Waals surface area contributed by atoms with Gasteiger partial charge in [0.2, 0.25) is 0 Å². The topological polar surface area (TPSA) is 146 Å². The normalized spacial score (nSPS) is 44.0. The van der Waals surface area contributed by atoms with Gasteiger partial charge in [-0.1, -0.05) is 0 Å². The molecule has 0 aromatic rings. The molecule has 3 fully saturated rings. The largest absolute Gasteiger partial charge is 0.393 e. The first kappa shape index (κ1) is 21.9. The molecule has 0 radical (unpaired) electrons. The van der Waals surface area contributed by atoms with Gasteiger partial charge in [0.25, 0.3) is 0 Å². The van der Waals surface area contributed by atoms with E-state index in [9.17, 15) is 39.3 Å². The number of hydrogen-bond acceptors (Lipinski definition) is 8. The second-order valence-electron chi connectivity index (χ2n) is 9.42. The molecule has 166 valence electrons. The zero-order valence-corrected chi connectivity index (χ0v) is 17.2. The van der Waals surface area contributed by atoms with E-state index in [-0.39, 0.29) is 29.8 Å². The minimum atomic E-state index is -2.09. The monoisotopic (exact) mass is 430 g/mol. The lowest BCUT2D eigenvalue weighted by Crippen LogP contribution is -2.64. The van der Waals surface area contributed by atoms with Gasteiger partial charge >= 0.3 is 0 Å². The van der Waals surface area contributed by atoms with E-state index in [4.69, 9.17) is 0 Å². The Kier molecular flexibility index (Phi) is 5.03. The van der Waals surface area contributed by atoms with Gasteiger partial charge in [-0.15, -0.1) is 0 Å². The molecule has 0 heterocycles. The molecule has 4 aliphatic carbocycles. The van der Waals surface area contributed by atoms with Crippen molar-refractivity contribution in [3.63, 3.8) is 0 Å². The van der Waals surface area contributed by atoms with Gasteiger partial charge in [0.1, 0.15) is 31.1 Å². The van der Waals surface area contributed by atoms with Gasteiger partial charge in [-0.2, -0.15) is 0 Å². The quantitative estimate of drug-likeness (QED) is 0.512. The second kappa shape index (κ2) is 7.12. The Balaban J connectivity index is 1.89. The molecule has 31 heavy (non-hydrogen) atoms. The Morgan fingerprint density at radius 3 is 2.52 bits per heavy atom. The summed E-state index contributed by atoms with van der Waals surface area (Å²) >= 11 is 0. The molecule has 8 heteroatoms. The SMILES string of the molecule is CC1=C(C=O)[C@@]2(C=O)C(=CC1=O)CC[C@@H]1[C@@H]2C(O)C[C@@]2(C=O)[C@H]1CC[C@]2(O)C(=O)CO. The summed E-state index contributed by atoms with van der Waals surface area (Å²) in [7, 11) is 0. The van der Waals surface area contributed by atoms with Crippen LogP contribution >= 0.6 is 0 Å². The van der Waals surface area contributed by atoms with E-state index in [1.54, 1.807) is 0 Å². The summed E-state index contributed by atoms with van der Waals surface area (Å²) in [5, 5.41) is 31.9. The maximum Gasteiger partial charge on any atom is 0.190 e. The Hall–Kier alpha value is -2.29. The second-order valence-corrected chi connectivity index (χ2v) is 9.42. The number of rotatable bonds is 5. The van der Waals surface area contributed by atoms with Gasteiger partial charge in [0.05, 0.1) is 16.9 Å². The first-order valence-corrected chi connectivity index (χ1v) is 10.6. The fourth-order valence-electron chi connectivity index (χ4n) is 7.27. The van der Waals surface area contributed by atoms with Crippen LogP contribution in [0.15, 0.2) is 22.8 Å². The van der Waals surface area contributed by atoms with Crippen molar-refractivity contribution in [2.45, 2.75) is 50.7 Å². The first-order valence-electron chi connectivity index (χ1n) is 10.6. The zero-order chi connectivity index (χ0) is 22.8. The average molecular weight is 430 g/mol. The molecule has 3 N–H and O–H groups in total. The van der Waals surface area contributed by atoms with E-state index in [1.807, 2.05) is 0 Å². The fourth-order valence-corrected chi connectivity index (χ4v) is 7.27. The van der Waals surface area contributed by atoms with Gasteiger partial charge in [-0.25, -0.2) is 0 Å². The predicted octanol–water partition coefficient (Wildman–Crippen LogP) is -0.125. The van der Waals surface area contributed by atoms with E-state index in [0.29, 0.717) is 43.7 Å². The predicted molar refractivity (Wildman–Crippen MR) is 105 cm³/mol. The van der Waals surface area contributed by atoms with Crippen LogP contribution in [-0.2, 0) is 24.0 Å². The minimum absolute atomic E-state index is 0.0313. The van der Waals surface area contributed by atoms with Crippen molar-refractivity contribution >= 4 is 30.4 Å². The molecule has 4 rings (SSSR count). The van der Waals surface area contributed by atoms with E-state index < -0.39 is 52.7 Å². The fraction of sp³-hybridized carbons (Fsp3) is 0.609. The number of aldehydes is 3. The molecule has 0 aromatic heterocycles. The Bertz CT molecular complexity index is 947. The minimum Gasteiger partial charge on any atom is -0.393 e. The van der Waals surface area contributed by atoms with E-state index in [1.165, 1.54) is 13.0 Å². The molecule has 4 aliphatic rings. The average Bonchev–Trinajstić information content (AvgIpc) is 3.07. The van der Waals surface area contributed by atoms with Crippen LogP contribution in [0.5, 0.6) is 0 Å². The van der Waals surface area contributed by atoms with Crippen molar-refractivity contribution in [2.24, 2.45) is 28.6 Å². The summed E-state index contributed by atoms with van der Waals surface area (Å²) < 4.78 is 0. The zero-order valence-electron chi connectivity index (χ0n) is 17.2. The van der Waals surface area contributed by atoms with Gasteiger partial charge in [0.15, 0.2) is 11.6 Å². The van der Waals surface area contributed by atoms with Gasteiger partial charge in [-0.3, -0.25) is 14.4 Å². The van der Waals surface area contributed by atoms with Crippen LogP contribution in [0, 0.1) is 28.6 Å². The van der Waals surface area contributed by atoms with Crippen LogP contribution in [0.3, 0.4) is 0 Å². The number of fused-ring (bicyclic) bond motifs is 5. The lowest BCUT2D eigenvalue weighted by Gasteiger charge is -2.59. The Morgan fingerprint density at radius 2 is 1.94 bits per heavy atom. The number of allylic oxidation sites excluding steroid dienone is 4. The number of aliphatic hydroxyl groups excluding tert-OH is 2. The maximum atomic E-state index is 12.6. The van der Waals surface area contributed by atoms with Crippen LogP contribution in [0.1, 0.15) is 39.0 Å². The highest BCUT2D eigenvalue weighted by Gasteiger charge is 2.71. The molecule has 3 saturated carbocycles. The summed E-state index contributed by atoms with van der Waals surface area (Å²) in [6.07, 6.45) is 2.52. The van der Waals surface area contributed by atoms with Crippen LogP contribution in [0.2, 0.25) is 0 Å². The molecule has 1 unspecified atom stereocenters. The van der Waals surface area contributed by atoms with Crippen LogP contribution in [0.4, 0.5) is 0 Å². The van der Waals surface area contributed by atoms with E-state index in [2.05, 4.69) is 0 Å². The number of carbonyl (C=O) groups excluding carboxylic acids is 5. The molecular formula is C23H26O8. The lowest BCUT2D eigenvalue weighted by atomic mass is 9.44. The molecule has 0 bridgehead atoms. The van der Waals surface area contributed by atoms with Crippen LogP contribution in [0.25, 0.3) is 0 Å². The molecule has 0 amide bonds. The first-order chi connectivity index (χ1) is 14.7. The highest BCUT2D eigenvalue weighted by atomic mass is 16.3. The molecule has 0 aromatic carbocycles. The standard InChI is InChI=1S/C23H26O8/c1-12-16(8-24)22(11-27)13(6-17(12)28)2-3-14-15-4-5-23(31,19(30)9-25)21(15,10-26)7-18(29)20(14)22/h6,8,10-11,14-15,18,20,25,29,31H,2-5,7,9H2,1H3/t14-,15-,18?,20+,21+,22+,23-/m0/s1. The van der Waals surface area contributed by atoms with Gasteiger partial charge in [0, 0.05) is 17.1 Å².